The molecule has 0 aromatic heterocycles. The molecule has 0 aromatic carbocycles. The zero-order chi connectivity index (χ0) is 10.7. The van der Waals surface area contributed by atoms with E-state index in [-0.39, 0.29) is 6.04 Å². The molecule has 1 aliphatic heterocycles. The van der Waals surface area contributed by atoms with Gasteiger partial charge in [-0.05, 0) is 32.1 Å². The van der Waals surface area contributed by atoms with Crippen LogP contribution in [0, 0.1) is 5.92 Å². The molecule has 1 fully saturated rings. The Labute approximate surface area is 86.1 Å². The van der Waals surface area contributed by atoms with Crippen molar-refractivity contribution in [2.45, 2.75) is 52.1 Å². The Kier molecular flexibility index (Phi) is 3.93. The summed E-state index contributed by atoms with van der Waals surface area (Å²) in [6.07, 6.45) is 3.06. The minimum absolute atomic E-state index is 0.284. The lowest BCUT2D eigenvalue weighted by Crippen LogP contribution is -2.50. The number of hydrogen-bond acceptors (Lipinski definition) is 2. The highest BCUT2D eigenvalue weighted by molar-refractivity contribution is 5.73. The van der Waals surface area contributed by atoms with E-state index in [4.69, 9.17) is 5.11 Å². The van der Waals surface area contributed by atoms with Gasteiger partial charge in [0.1, 0.15) is 6.04 Å². The molecule has 1 heterocycles. The molecule has 0 saturated carbocycles. The number of carboxylic acid groups (broad SMARTS) is 1. The molecule has 0 spiro atoms. The van der Waals surface area contributed by atoms with Gasteiger partial charge in [0.15, 0.2) is 0 Å². The third-order valence-corrected chi connectivity index (χ3v) is 3.24. The second kappa shape index (κ2) is 4.78. The van der Waals surface area contributed by atoms with Crippen LogP contribution in [0.3, 0.4) is 0 Å². The third-order valence-electron chi connectivity index (χ3n) is 3.24. The zero-order valence-electron chi connectivity index (χ0n) is 9.36. The molecule has 0 aromatic rings. The number of carboxylic acids is 1. The number of rotatable bonds is 3. The Morgan fingerprint density at radius 2 is 2.14 bits per heavy atom. The Bertz CT molecular complexity index is 205. The van der Waals surface area contributed by atoms with Crippen LogP contribution in [0.5, 0.6) is 0 Å². The van der Waals surface area contributed by atoms with E-state index in [1.807, 2.05) is 6.92 Å². The normalized spacial score (nSPS) is 31.4. The first-order chi connectivity index (χ1) is 6.56. The molecular weight excluding hydrogens is 178 g/mol. The predicted octanol–water partition coefficient (Wildman–Crippen LogP) is 1.97. The second-order valence-electron chi connectivity index (χ2n) is 4.49. The molecule has 0 bridgehead atoms. The molecule has 0 radical (unpaired) electrons. The van der Waals surface area contributed by atoms with Gasteiger partial charge in [-0.2, -0.15) is 0 Å². The van der Waals surface area contributed by atoms with Crippen LogP contribution in [0.1, 0.15) is 40.0 Å². The highest BCUT2D eigenvalue weighted by atomic mass is 16.4. The zero-order valence-corrected chi connectivity index (χ0v) is 9.36. The van der Waals surface area contributed by atoms with E-state index >= 15 is 0 Å². The van der Waals surface area contributed by atoms with E-state index in [1.54, 1.807) is 0 Å². The molecule has 3 atom stereocenters. The summed E-state index contributed by atoms with van der Waals surface area (Å²) >= 11 is 0. The van der Waals surface area contributed by atoms with Crippen molar-refractivity contribution in [2.24, 2.45) is 5.92 Å². The van der Waals surface area contributed by atoms with Gasteiger partial charge in [-0.3, -0.25) is 9.69 Å². The summed E-state index contributed by atoms with van der Waals surface area (Å²) in [6.45, 7) is 7.22. The molecule has 1 rings (SSSR count). The van der Waals surface area contributed by atoms with Crippen LogP contribution < -0.4 is 0 Å². The lowest BCUT2D eigenvalue weighted by molar-refractivity contribution is -0.145. The van der Waals surface area contributed by atoms with Gasteiger partial charge in [0, 0.05) is 12.6 Å². The molecule has 82 valence electrons. The standard InChI is InChI=1S/C11H21NO2/c1-4-10(11(13)14)12-7-8(2)5-6-9(12)3/h8-10H,4-7H2,1-3H3,(H,13,14). The van der Waals surface area contributed by atoms with Crippen LogP contribution in [0.25, 0.3) is 0 Å². The van der Waals surface area contributed by atoms with Gasteiger partial charge in [0.2, 0.25) is 0 Å². The van der Waals surface area contributed by atoms with E-state index < -0.39 is 5.97 Å². The monoisotopic (exact) mass is 199 g/mol. The number of likely N-dealkylation sites (tertiary alicyclic amines) is 1. The van der Waals surface area contributed by atoms with Crippen molar-refractivity contribution in [3.63, 3.8) is 0 Å². The van der Waals surface area contributed by atoms with Crippen molar-refractivity contribution >= 4 is 5.97 Å². The number of carbonyl (C=O) groups is 1. The van der Waals surface area contributed by atoms with Crippen molar-refractivity contribution in [1.82, 2.24) is 4.90 Å². The largest absolute Gasteiger partial charge is 0.480 e. The van der Waals surface area contributed by atoms with E-state index in [0.717, 1.165) is 13.0 Å². The average molecular weight is 199 g/mol. The maximum absolute atomic E-state index is 11.0. The minimum Gasteiger partial charge on any atom is -0.480 e. The fourth-order valence-electron chi connectivity index (χ4n) is 2.31. The van der Waals surface area contributed by atoms with Crippen molar-refractivity contribution in [2.75, 3.05) is 6.54 Å². The number of nitrogens with zero attached hydrogens (tertiary/aromatic N) is 1. The molecule has 1 aliphatic rings. The van der Waals surface area contributed by atoms with Crippen molar-refractivity contribution in [3.05, 3.63) is 0 Å². The first kappa shape index (κ1) is 11.5. The van der Waals surface area contributed by atoms with Crippen molar-refractivity contribution < 1.29 is 9.90 Å². The van der Waals surface area contributed by atoms with Crippen LogP contribution in [0.4, 0.5) is 0 Å². The summed E-state index contributed by atoms with van der Waals surface area (Å²) in [6, 6.07) is 0.139. The highest BCUT2D eigenvalue weighted by Gasteiger charge is 2.31. The molecule has 14 heavy (non-hydrogen) atoms. The topological polar surface area (TPSA) is 40.5 Å². The Morgan fingerprint density at radius 1 is 1.50 bits per heavy atom. The van der Waals surface area contributed by atoms with Gasteiger partial charge in [-0.15, -0.1) is 0 Å². The first-order valence-electron chi connectivity index (χ1n) is 5.54. The first-order valence-corrected chi connectivity index (χ1v) is 5.54. The maximum Gasteiger partial charge on any atom is 0.320 e. The van der Waals surface area contributed by atoms with Gasteiger partial charge in [-0.25, -0.2) is 0 Å². The third kappa shape index (κ3) is 2.47. The predicted molar refractivity (Wildman–Crippen MR) is 56.3 cm³/mol. The number of hydrogen-bond donors (Lipinski definition) is 1. The van der Waals surface area contributed by atoms with Gasteiger partial charge < -0.3 is 5.11 Å². The quantitative estimate of drug-likeness (QED) is 0.755. The van der Waals surface area contributed by atoms with E-state index in [1.165, 1.54) is 6.42 Å². The van der Waals surface area contributed by atoms with Crippen LogP contribution in [-0.2, 0) is 4.79 Å². The summed E-state index contributed by atoms with van der Waals surface area (Å²) < 4.78 is 0. The fourth-order valence-corrected chi connectivity index (χ4v) is 2.31. The van der Waals surface area contributed by atoms with Gasteiger partial charge in [0.25, 0.3) is 0 Å². The number of piperidine rings is 1. The van der Waals surface area contributed by atoms with Gasteiger partial charge in [-0.1, -0.05) is 13.8 Å². The van der Waals surface area contributed by atoms with Crippen molar-refractivity contribution in [3.8, 4) is 0 Å². The van der Waals surface area contributed by atoms with Crippen molar-refractivity contribution in [1.29, 1.82) is 0 Å². The molecule has 0 aliphatic carbocycles. The summed E-state index contributed by atoms with van der Waals surface area (Å²) in [5, 5.41) is 9.09. The molecular formula is C11H21NO2. The summed E-state index contributed by atoms with van der Waals surface area (Å²) in [4.78, 5) is 13.2. The lowest BCUT2D eigenvalue weighted by Gasteiger charge is -2.40. The molecule has 0 amide bonds. The van der Waals surface area contributed by atoms with Crippen LogP contribution >= 0.6 is 0 Å². The Morgan fingerprint density at radius 3 is 2.64 bits per heavy atom. The summed E-state index contributed by atoms with van der Waals surface area (Å²) in [5.41, 5.74) is 0. The molecule has 1 saturated heterocycles. The molecule has 3 nitrogen and oxygen atoms in total. The lowest BCUT2D eigenvalue weighted by atomic mass is 9.93. The van der Waals surface area contributed by atoms with E-state index in [0.29, 0.717) is 18.4 Å². The SMILES string of the molecule is CCC(C(=O)O)N1CC(C)CCC1C. The molecule has 3 unspecified atom stereocenters. The molecule has 3 heteroatoms. The average Bonchev–Trinajstić information content (AvgIpc) is 2.11. The second-order valence-corrected chi connectivity index (χ2v) is 4.49. The smallest absolute Gasteiger partial charge is 0.320 e. The minimum atomic E-state index is -0.673. The molecule has 1 N–H and O–H groups in total. The van der Waals surface area contributed by atoms with Gasteiger partial charge >= 0.3 is 5.97 Å². The van der Waals surface area contributed by atoms with E-state index in [9.17, 15) is 4.79 Å². The van der Waals surface area contributed by atoms with Gasteiger partial charge in [0.05, 0.1) is 0 Å². The summed E-state index contributed by atoms with van der Waals surface area (Å²) in [7, 11) is 0. The fraction of sp³-hybridized carbons (Fsp3) is 0.909. The maximum atomic E-state index is 11.0. The van der Waals surface area contributed by atoms with Crippen LogP contribution in [0.2, 0.25) is 0 Å². The van der Waals surface area contributed by atoms with E-state index in [2.05, 4.69) is 18.7 Å². The Hall–Kier alpha value is -0.570. The summed E-state index contributed by atoms with van der Waals surface area (Å²) in [5.74, 6) is -0.0342. The Balaban J connectivity index is 2.66. The highest BCUT2D eigenvalue weighted by Crippen LogP contribution is 2.24. The number of aliphatic carboxylic acids is 1. The van der Waals surface area contributed by atoms with Crippen LogP contribution in [-0.4, -0.2) is 34.6 Å². The van der Waals surface area contributed by atoms with Crippen LogP contribution in [0.15, 0.2) is 0 Å².